The average molecular weight is 308 g/mol. The second-order valence-corrected chi connectivity index (χ2v) is 5.52. The van der Waals surface area contributed by atoms with Gasteiger partial charge < -0.3 is 5.32 Å². The van der Waals surface area contributed by atoms with Gasteiger partial charge in [0.1, 0.15) is 0 Å². The van der Waals surface area contributed by atoms with Gasteiger partial charge >= 0.3 is 0 Å². The predicted octanol–water partition coefficient (Wildman–Crippen LogP) is 4.41. The Morgan fingerprint density at radius 2 is 1.80 bits per heavy atom. The average Bonchev–Trinajstić information content (AvgIpc) is 2.41. The maximum atomic E-state index is 12.0. The van der Waals surface area contributed by atoms with Crippen LogP contribution in [0.3, 0.4) is 0 Å². The van der Waals surface area contributed by atoms with Gasteiger partial charge in [-0.15, -0.1) is 0 Å². The van der Waals surface area contributed by atoms with Crippen LogP contribution in [0.2, 0.25) is 10.0 Å². The first kappa shape index (κ1) is 14.9. The Bertz CT molecular complexity index is 596. The van der Waals surface area contributed by atoms with E-state index in [1.807, 2.05) is 43.3 Å². The largest absolute Gasteiger partial charge is 0.349 e. The maximum absolute atomic E-state index is 12.0. The van der Waals surface area contributed by atoms with Gasteiger partial charge in [0, 0.05) is 10.0 Å². The topological polar surface area (TPSA) is 29.1 Å². The number of benzene rings is 2. The lowest BCUT2D eigenvalue weighted by molar-refractivity contribution is -0.121. The van der Waals surface area contributed by atoms with Crippen LogP contribution in [0.25, 0.3) is 0 Å². The van der Waals surface area contributed by atoms with E-state index in [1.54, 1.807) is 12.1 Å². The number of carbonyl (C=O) groups excluding carboxylic acids is 1. The highest BCUT2D eigenvalue weighted by atomic mass is 35.5. The minimum absolute atomic E-state index is 0.0280. The van der Waals surface area contributed by atoms with Gasteiger partial charge in [-0.3, -0.25) is 4.79 Å². The van der Waals surface area contributed by atoms with Crippen molar-refractivity contribution in [3.8, 4) is 0 Å². The molecule has 0 fully saturated rings. The third kappa shape index (κ3) is 4.26. The monoisotopic (exact) mass is 307 g/mol. The number of rotatable bonds is 4. The highest BCUT2D eigenvalue weighted by Gasteiger charge is 2.10. The summed E-state index contributed by atoms with van der Waals surface area (Å²) in [5, 5.41) is 4.29. The van der Waals surface area contributed by atoms with Crippen molar-refractivity contribution in [3.63, 3.8) is 0 Å². The zero-order chi connectivity index (χ0) is 14.5. The number of hydrogen-bond acceptors (Lipinski definition) is 1. The van der Waals surface area contributed by atoms with Crippen molar-refractivity contribution >= 4 is 29.1 Å². The third-order valence-corrected chi connectivity index (χ3v) is 3.49. The molecular weight excluding hydrogens is 293 g/mol. The summed E-state index contributed by atoms with van der Waals surface area (Å²) in [6.07, 6.45) is 0.335. The van der Waals surface area contributed by atoms with E-state index in [0.29, 0.717) is 16.5 Å². The summed E-state index contributed by atoms with van der Waals surface area (Å²) in [7, 11) is 0. The van der Waals surface area contributed by atoms with Crippen molar-refractivity contribution in [1.82, 2.24) is 5.32 Å². The summed E-state index contributed by atoms with van der Waals surface area (Å²) in [6, 6.07) is 14.7. The van der Waals surface area contributed by atoms with E-state index < -0.39 is 0 Å². The van der Waals surface area contributed by atoms with E-state index >= 15 is 0 Å². The fourth-order valence-corrected chi connectivity index (χ4v) is 2.26. The van der Waals surface area contributed by atoms with Crippen molar-refractivity contribution in [3.05, 3.63) is 69.7 Å². The molecule has 2 rings (SSSR count). The Kier molecular flexibility index (Phi) is 5.05. The van der Waals surface area contributed by atoms with E-state index in [1.165, 1.54) is 0 Å². The molecule has 0 aliphatic heterocycles. The zero-order valence-corrected chi connectivity index (χ0v) is 12.6. The summed E-state index contributed by atoms with van der Waals surface area (Å²) in [5.41, 5.74) is 1.92. The highest BCUT2D eigenvalue weighted by molar-refractivity contribution is 6.30. The minimum Gasteiger partial charge on any atom is -0.349 e. The van der Waals surface area contributed by atoms with Crippen LogP contribution in [0.15, 0.2) is 48.5 Å². The Morgan fingerprint density at radius 3 is 2.45 bits per heavy atom. The molecule has 0 heterocycles. The number of nitrogens with one attached hydrogen (secondary N) is 1. The Hall–Kier alpha value is -1.51. The lowest BCUT2D eigenvalue weighted by Crippen LogP contribution is -2.28. The molecule has 20 heavy (non-hydrogen) atoms. The molecule has 2 nitrogen and oxygen atoms in total. The van der Waals surface area contributed by atoms with Gasteiger partial charge in [-0.25, -0.2) is 0 Å². The molecule has 104 valence electrons. The van der Waals surface area contributed by atoms with Crippen molar-refractivity contribution in [2.24, 2.45) is 0 Å². The lowest BCUT2D eigenvalue weighted by Gasteiger charge is -2.14. The van der Waals surface area contributed by atoms with Gasteiger partial charge in [-0.2, -0.15) is 0 Å². The molecule has 0 bridgehead atoms. The minimum atomic E-state index is -0.0755. The van der Waals surface area contributed by atoms with Gasteiger partial charge in [0.05, 0.1) is 12.5 Å². The number of carbonyl (C=O) groups is 1. The van der Waals surface area contributed by atoms with Crippen LogP contribution in [0.5, 0.6) is 0 Å². The first-order chi connectivity index (χ1) is 9.54. The van der Waals surface area contributed by atoms with Crippen molar-refractivity contribution < 1.29 is 4.79 Å². The molecule has 0 spiro atoms. The van der Waals surface area contributed by atoms with E-state index in [2.05, 4.69) is 5.32 Å². The van der Waals surface area contributed by atoms with Crippen LogP contribution in [0.4, 0.5) is 0 Å². The van der Waals surface area contributed by atoms with Gasteiger partial charge in [-0.05, 0) is 42.3 Å². The second kappa shape index (κ2) is 6.78. The molecule has 2 aromatic rings. The number of halogens is 2. The summed E-state index contributed by atoms with van der Waals surface area (Å²) in [6.45, 7) is 1.94. The Balaban J connectivity index is 1.95. The van der Waals surface area contributed by atoms with E-state index in [9.17, 15) is 4.79 Å². The zero-order valence-electron chi connectivity index (χ0n) is 11.1. The molecule has 0 aliphatic carbocycles. The molecule has 0 aromatic heterocycles. The first-order valence-corrected chi connectivity index (χ1v) is 7.09. The van der Waals surface area contributed by atoms with Crippen molar-refractivity contribution in [2.45, 2.75) is 19.4 Å². The molecule has 2 aromatic carbocycles. The van der Waals surface area contributed by atoms with E-state index in [4.69, 9.17) is 23.2 Å². The van der Waals surface area contributed by atoms with Gasteiger partial charge in [0.2, 0.25) is 5.91 Å². The Morgan fingerprint density at radius 1 is 1.10 bits per heavy atom. The molecule has 1 N–H and O–H groups in total. The van der Waals surface area contributed by atoms with Crippen molar-refractivity contribution in [2.75, 3.05) is 0 Å². The molecular formula is C16H15Cl2NO. The van der Waals surface area contributed by atoms with Gasteiger partial charge in [0.15, 0.2) is 0 Å². The summed E-state index contributed by atoms with van der Waals surface area (Å²) >= 11 is 11.8. The molecule has 0 aliphatic rings. The molecule has 1 amide bonds. The van der Waals surface area contributed by atoms with Crippen LogP contribution in [-0.2, 0) is 11.2 Å². The van der Waals surface area contributed by atoms with Crippen LogP contribution < -0.4 is 5.32 Å². The predicted molar refractivity (Wildman–Crippen MR) is 83.2 cm³/mol. The second-order valence-electron chi connectivity index (χ2n) is 4.65. The fourth-order valence-electron chi connectivity index (χ4n) is 1.94. The van der Waals surface area contributed by atoms with E-state index in [-0.39, 0.29) is 11.9 Å². The Labute approximate surface area is 128 Å². The number of amides is 1. The quantitative estimate of drug-likeness (QED) is 0.890. The SMILES string of the molecule is C[C@@H](NC(=O)Cc1ccc(Cl)cc1)c1cccc(Cl)c1. The van der Waals surface area contributed by atoms with Crippen LogP contribution >= 0.6 is 23.2 Å². The summed E-state index contributed by atoms with van der Waals surface area (Å²) in [4.78, 5) is 12.0. The molecule has 4 heteroatoms. The van der Waals surface area contributed by atoms with Crippen molar-refractivity contribution in [1.29, 1.82) is 0 Å². The fraction of sp³-hybridized carbons (Fsp3) is 0.188. The molecule has 0 saturated heterocycles. The smallest absolute Gasteiger partial charge is 0.224 e. The molecule has 0 unspecified atom stereocenters. The summed E-state index contributed by atoms with van der Waals surface area (Å²) < 4.78 is 0. The third-order valence-electron chi connectivity index (χ3n) is 3.00. The summed E-state index contributed by atoms with van der Waals surface area (Å²) in [5.74, 6) is -0.0280. The maximum Gasteiger partial charge on any atom is 0.224 e. The normalized spacial score (nSPS) is 11.9. The number of hydrogen-bond donors (Lipinski definition) is 1. The highest BCUT2D eigenvalue weighted by Crippen LogP contribution is 2.17. The lowest BCUT2D eigenvalue weighted by atomic mass is 10.1. The van der Waals surface area contributed by atoms with Crippen LogP contribution in [0.1, 0.15) is 24.1 Å². The van der Waals surface area contributed by atoms with Crippen LogP contribution in [0, 0.1) is 0 Å². The van der Waals surface area contributed by atoms with Gasteiger partial charge in [-0.1, -0.05) is 47.5 Å². The molecule has 0 radical (unpaired) electrons. The molecule has 1 atom stereocenters. The van der Waals surface area contributed by atoms with Crippen LogP contribution in [-0.4, -0.2) is 5.91 Å². The van der Waals surface area contributed by atoms with E-state index in [0.717, 1.165) is 11.1 Å². The van der Waals surface area contributed by atoms with Gasteiger partial charge in [0.25, 0.3) is 0 Å². The standard InChI is InChI=1S/C16H15Cl2NO/c1-11(13-3-2-4-15(18)10-13)19-16(20)9-12-5-7-14(17)8-6-12/h2-8,10-11H,9H2,1H3,(H,19,20)/t11-/m1/s1. The first-order valence-electron chi connectivity index (χ1n) is 6.34. The molecule has 0 saturated carbocycles.